The summed E-state index contributed by atoms with van der Waals surface area (Å²) < 4.78 is 5.76. The van der Waals surface area contributed by atoms with Gasteiger partial charge >= 0.3 is 5.97 Å². The van der Waals surface area contributed by atoms with Crippen molar-refractivity contribution < 1.29 is 23.9 Å². The smallest absolute Gasteiger partial charge is 0.316 e. The van der Waals surface area contributed by atoms with E-state index < -0.39 is 23.7 Å². The van der Waals surface area contributed by atoms with Crippen LogP contribution in [0.15, 0.2) is 84.9 Å². The predicted octanol–water partition coefficient (Wildman–Crippen LogP) is 5.97. The van der Waals surface area contributed by atoms with Gasteiger partial charge in [0.05, 0.1) is 23.4 Å². The van der Waals surface area contributed by atoms with E-state index in [1.165, 1.54) is 4.90 Å². The summed E-state index contributed by atoms with van der Waals surface area (Å²) in [7, 11) is 0. The summed E-state index contributed by atoms with van der Waals surface area (Å²) in [6, 6.07) is 27.2. The number of ether oxygens (including phenoxy) is 1. The minimum Gasteiger partial charge on any atom is -0.426 e. The average molecular weight is 597 g/mol. The van der Waals surface area contributed by atoms with Gasteiger partial charge in [0.25, 0.3) is 0 Å². The summed E-state index contributed by atoms with van der Waals surface area (Å²) >= 11 is 0. The number of anilines is 2. The first-order valence-electron chi connectivity index (χ1n) is 15.5. The molecule has 3 aliphatic carbocycles. The number of carbonyl (C=O) groups excluding carboxylic acids is 4. The average Bonchev–Trinajstić information content (AvgIpc) is 3.54. The molecule has 0 aromatic heterocycles. The molecule has 0 radical (unpaired) electrons. The quantitative estimate of drug-likeness (QED) is 0.165. The Morgan fingerprint density at radius 2 is 1.22 bits per heavy atom. The van der Waals surface area contributed by atoms with Crippen molar-refractivity contribution in [3.8, 4) is 5.75 Å². The highest BCUT2D eigenvalue weighted by atomic mass is 16.5. The van der Waals surface area contributed by atoms with Crippen LogP contribution >= 0.6 is 0 Å². The van der Waals surface area contributed by atoms with Crippen molar-refractivity contribution in [1.29, 1.82) is 0 Å². The van der Waals surface area contributed by atoms with Crippen molar-refractivity contribution in [1.82, 2.24) is 0 Å². The summed E-state index contributed by atoms with van der Waals surface area (Å²) in [5.74, 6) is -2.52. The number of imide groups is 1. The van der Waals surface area contributed by atoms with Gasteiger partial charge in [-0.15, -0.1) is 0 Å². The fraction of sp³-hybridized carbons (Fsp3) is 0.263. The van der Waals surface area contributed by atoms with Crippen LogP contribution in [0.25, 0.3) is 0 Å². The van der Waals surface area contributed by atoms with Crippen LogP contribution in [0.5, 0.6) is 5.75 Å². The fourth-order valence-corrected chi connectivity index (χ4v) is 8.37. The summed E-state index contributed by atoms with van der Waals surface area (Å²) in [5.41, 5.74) is 8.49. The molecule has 45 heavy (non-hydrogen) atoms. The van der Waals surface area contributed by atoms with Gasteiger partial charge in [-0.3, -0.25) is 19.2 Å². The normalized spacial score (nSPS) is 24.5. The van der Waals surface area contributed by atoms with Crippen molar-refractivity contribution in [2.75, 3.05) is 16.3 Å². The molecular weight excluding hydrogens is 564 g/mol. The summed E-state index contributed by atoms with van der Waals surface area (Å²) in [5, 5.41) is 0. The number of amides is 3. The van der Waals surface area contributed by atoms with Crippen molar-refractivity contribution in [3.05, 3.63) is 124 Å². The Labute approximate surface area is 261 Å². The number of benzene rings is 4. The molecule has 7 nitrogen and oxygen atoms in total. The lowest BCUT2D eigenvalue weighted by Crippen LogP contribution is -2.41. The molecule has 224 valence electrons. The number of esters is 1. The highest BCUT2D eigenvalue weighted by molar-refractivity contribution is 6.23. The molecule has 0 N–H and O–H groups in total. The predicted molar refractivity (Wildman–Crippen MR) is 169 cm³/mol. The summed E-state index contributed by atoms with van der Waals surface area (Å²) in [6.07, 6.45) is 0.0797. The Balaban J connectivity index is 1.05. The molecule has 0 unspecified atom stereocenters. The SMILES string of the molecule is Cc1cc(OC(=O)[C@@H]2CC(=O)N(c3c(C)cccc3C)C2)ccc1N1C(=O)[C@@H]2C3c4ccccc4C(c4ccccc43)[C@@H]2C1=O. The van der Waals surface area contributed by atoms with Gasteiger partial charge in [0.15, 0.2) is 0 Å². The number of para-hydroxylation sites is 1. The molecule has 2 aliphatic heterocycles. The molecule has 4 aromatic rings. The van der Waals surface area contributed by atoms with E-state index in [9.17, 15) is 19.2 Å². The molecule has 3 amide bonds. The van der Waals surface area contributed by atoms with E-state index in [1.54, 1.807) is 23.1 Å². The van der Waals surface area contributed by atoms with Gasteiger partial charge in [-0.1, -0.05) is 66.7 Å². The largest absolute Gasteiger partial charge is 0.426 e. The van der Waals surface area contributed by atoms with Crippen LogP contribution in [0.1, 0.15) is 57.2 Å². The lowest BCUT2D eigenvalue weighted by Gasteiger charge is -2.45. The zero-order valence-corrected chi connectivity index (χ0v) is 25.3. The van der Waals surface area contributed by atoms with E-state index >= 15 is 0 Å². The second-order valence-corrected chi connectivity index (χ2v) is 12.8. The number of carbonyl (C=O) groups is 4. The van der Waals surface area contributed by atoms with E-state index in [-0.39, 0.29) is 42.5 Å². The van der Waals surface area contributed by atoms with Crippen molar-refractivity contribution in [3.63, 3.8) is 0 Å². The maximum absolute atomic E-state index is 14.2. The number of nitrogens with zero attached hydrogens (tertiary/aromatic N) is 2. The Morgan fingerprint density at radius 1 is 0.689 bits per heavy atom. The van der Waals surface area contributed by atoms with Crippen LogP contribution in [0.3, 0.4) is 0 Å². The molecule has 5 aliphatic rings. The lowest BCUT2D eigenvalue weighted by atomic mass is 9.55. The summed E-state index contributed by atoms with van der Waals surface area (Å²) in [6.45, 7) is 5.99. The van der Waals surface area contributed by atoms with Crippen LogP contribution < -0.4 is 14.5 Å². The van der Waals surface area contributed by atoms with E-state index in [2.05, 4.69) is 24.3 Å². The fourth-order valence-electron chi connectivity index (χ4n) is 8.37. The number of aryl methyl sites for hydroxylation is 3. The third-order valence-corrected chi connectivity index (χ3v) is 10.2. The highest BCUT2D eigenvalue weighted by Crippen LogP contribution is 2.61. The van der Waals surface area contributed by atoms with Crippen molar-refractivity contribution in [2.24, 2.45) is 17.8 Å². The first-order valence-corrected chi connectivity index (χ1v) is 15.5. The van der Waals surface area contributed by atoms with Crippen molar-refractivity contribution in [2.45, 2.75) is 39.0 Å². The Bertz CT molecular complexity index is 1830. The third kappa shape index (κ3) is 3.96. The number of hydrogen-bond acceptors (Lipinski definition) is 5. The molecular formula is C38H32N2O5. The van der Waals surface area contributed by atoms with Crippen LogP contribution in [0, 0.1) is 38.5 Å². The molecule has 3 atom stereocenters. The standard InChI is InChI=1S/C38H32N2O5/c1-20-9-8-10-21(2)35(20)39-19-23(18-30(39)41)38(44)45-24-15-16-29(22(3)17-24)40-36(42)33-31-25-11-4-5-12-26(25)32(34(33)37(40)43)28-14-7-6-13-27(28)31/h4-17,23,31-34H,18-19H2,1-3H3/t23-,31?,32?,33-,34+/m1/s1. The monoisotopic (exact) mass is 596 g/mol. The van der Waals surface area contributed by atoms with Gasteiger partial charge in [-0.05, 0) is 77.9 Å². The zero-order chi connectivity index (χ0) is 31.1. The zero-order valence-electron chi connectivity index (χ0n) is 25.3. The first-order chi connectivity index (χ1) is 21.7. The van der Waals surface area contributed by atoms with Gasteiger partial charge in [0.1, 0.15) is 5.75 Å². The molecule has 2 fully saturated rings. The molecule has 2 saturated heterocycles. The molecule has 0 saturated carbocycles. The van der Waals surface area contributed by atoms with Crippen LogP contribution in [0.2, 0.25) is 0 Å². The lowest BCUT2D eigenvalue weighted by molar-refractivity contribution is -0.139. The number of rotatable bonds is 4. The van der Waals surface area contributed by atoms with Gasteiger partial charge in [-0.2, -0.15) is 0 Å². The van der Waals surface area contributed by atoms with Gasteiger partial charge < -0.3 is 9.64 Å². The molecule has 0 spiro atoms. The van der Waals surface area contributed by atoms with Crippen molar-refractivity contribution >= 4 is 35.1 Å². The van der Waals surface area contributed by atoms with Gasteiger partial charge in [-0.25, -0.2) is 4.90 Å². The molecule has 2 bridgehead atoms. The second kappa shape index (κ2) is 9.99. The van der Waals surface area contributed by atoms with Gasteiger partial charge in [0, 0.05) is 30.5 Å². The molecule has 4 aromatic carbocycles. The first kappa shape index (κ1) is 27.5. The van der Waals surface area contributed by atoms with E-state index in [0.717, 1.165) is 39.1 Å². The maximum atomic E-state index is 14.2. The summed E-state index contributed by atoms with van der Waals surface area (Å²) in [4.78, 5) is 57.5. The van der Waals surface area contributed by atoms with Crippen LogP contribution in [0.4, 0.5) is 11.4 Å². The Kier molecular flexibility index (Phi) is 6.11. The van der Waals surface area contributed by atoms with Crippen LogP contribution in [-0.4, -0.2) is 30.2 Å². The van der Waals surface area contributed by atoms with Crippen LogP contribution in [-0.2, 0) is 19.2 Å². The maximum Gasteiger partial charge on any atom is 0.316 e. The Morgan fingerprint density at radius 3 is 1.73 bits per heavy atom. The minimum absolute atomic E-state index is 0.0797. The molecule has 9 rings (SSSR count). The molecule has 7 heteroatoms. The van der Waals surface area contributed by atoms with E-state index in [4.69, 9.17) is 4.74 Å². The second-order valence-electron chi connectivity index (χ2n) is 12.8. The molecule has 2 heterocycles. The van der Waals surface area contributed by atoms with E-state index in [0.29, 0.717) is 17.0 Å². The Hall–Kier alpha value is -5.04. The minimum atomic E-state index is -0.597. The topological polar surface area (TPSA) is 84.0 Å². The number of hydrogen-bond donors (Lipinski definition) is 0. The van der Waals surface area contributed by atoms with E-state index in [1.807, 2.05) is 63.2 Å². The highest BCUT2D eigenvalue weighted by Gasteiger charge is 2.61. The third-order valence-electron chi connectivity index (χ3n) is 10.2. The van der Waals surface area contributed by atoms with Gasteiger partial charge in [0.2, 0.25) is 17.7 Å².